The molecule has 2 unspecified atom stereocenters. The van der Waals surface area contributed by atoms with Gasteiger partial charge < -0.3 is 19.7 Å². The van der Waals surface area contributed by atoms with Crippen LogP contribution < -0.4 is 10.2 Å². The van der Waals surface area contributed by atoms with Gasteiger partial charge in [-0.05, 0) is 29.7 Å². The Morgan fingerprint density at radius 1 is 1.05 bits per heavy atom. The summed E-state index contributed by atoms with van der Waals surface area (Å²) in [5.74, 6) is 2.19. The number of nitrogens with one attached hydrogen (secondary N) is 2. The Labute approximate surface area is 214 Å². The van der Waals surface area contributed by atoms with Gasteiger partial charge in [0.2, 0.25) is 5.91 Å². The summed E-state index contributed by atoms with van der Waals surface area (Å²) in [7, 11) is 0. The highest BCUT2D eigenvalue weighted by molar-refractivity contribution is 5.95. The van der Waals surface area contributed by atoms with Gasteiger partial charge in [-0.15, -0.1) is 0 Å². The molecule has 3 atom stereocenters. The standard InChI is InChI=1S/C27H29N7O3/c1-16-13-36-9-8-33(16)24-10-20(22-12-30-34(26(22)31-24)23-6-7-29-32-23)17-2-4-18(5-3-17)21-11-28-27(35)25(21)19-14-37-15-19/h2-7,10,12,16,19,21,25H,8-9,11,13-15H2,1H3,(H,28,35)(H,29,32)/t16-,21?,25?/m1/s1. The predicted octanol–water partition coefficient (Wildman–Crippen LogP) is 2.51. The first-order valence-electron chi connectivity index (χ1n) is 12.9. The molecule has 37 heavy (non-hydrogen) atoms. The lowest BCUT2D eigenvalue weighted by Crippen LogP contribution is -2.44. The minimum absolute atomic E-state index is 0.0197. The van der Waals surface area contributed by atoms with E-state index in [1.54, 1.807) is 10.9 Å². The molecule has 1 amide bonds. The number of hydrogen-bond acceptors (Lipinski definition) is 7. The number of carbonyl (C=O) groups excluding carboxylic acids is 1. The highest BCUT2D eigenvalue weighted by Gasteiger charge is 2.43. The molecule has 2 N–H and O–H groups in total. The van der Waals surface area contributed by atoms with Gasteiger partial charge in [-0.2, -0.15) is 14.9 Å². The number of hydrogen-bond donors (Lipinski definition) is 2. The lowest BCUT2D eigenvalue weighted by Gasteiger charge is -2.34. The number of ether oxygens (including phenoxy) is 2. The van der Waals surface area contributed by atoms with Gasteiger partial charge in [-0.25, -0.2) is 4.98 Å². The van der Waals surface area contributed by atoms with Crippen molar-refractivity contribution in [2.75, 3.05) is 44.4 Å². The maximum Gasteiger partial charge on any atom is 0.224 e. The Balaban J connectivity index is 1.30. The van der Waals surface area contributed by atoms with Crippen LogP contribution in [0.2, 0.25) is 0 Å². The van der Waals surface area contributed by atoms with E-state index in [9.17, 15) is 4.79 Å². The number of amides is 1. The molecule has 4 aromatic rings. The molecule has 0 aliphatic carbocycles. The van der Waals surface area contributed by atoms with E-state index >= 15 is 0 Å². The molecule has 6 heterocycles. The Bertz CT molecular complexity index is 1430. The molecule has 3 aliphatic heterocycles. The lowest BCUT2D eigenvalue weighted by atomic mass is 9.78. The van der Waals surface area contributed by atoms with E-state index in [4.69, 9.17) is 14.5 Å². The van der Waals surface area contributed by atoms with E-state index in [1.165, 1.54) is 5.56 Å². The second-order valence-electron chi connectivity index (χ2n) is 10.2. The van der Waals surface area contributed by atoms with E-state index < -0.39 is 0 Å². The van der Waals surface area contributed by atoms with Gasteiger partial charge in [0.25, 0.3) is 0 Å². The van der Waals surface area contributed by atoms with E-state index in [2.05, 4.69) is 62.8 Å². The lowest BCUT2D eigenvalue weighted by molar-refractivity contribution is -0.131. The van der Waals surface area contributed by atoms with E-state index in [0.717, 1.165) is 34.5 Å². The molecule has 10 heteroatoms. The normalized spacial score (nSPS) is 24.4. The third-order valence-corrected chi connectivity index (χ3v) is 7.95. The molecule has 0 spiro atoms. The molecule has 0 bridgehead atoms. The van der Waals surface area contributed by atoms with E-state index in [1.807, 2.05) is 12.3 Å². The first-order chi connectivity index (χ1) is 18.2. The summed E-state index contributed by atoms with van der Waals surface area (Å²) in [6.07, 6.45) is 3.64. The molecule has 3 aromatic heterocycles. The highest BCUT2D eigenvalue weighted by Crippen LogP contribution is 2.39. The van der Waals surface area contributed by atoms with Crippen molar-refractivity contribution >= 4 is 22.8 Å². The van der Waals surface area contributed by atoms with Crippen molar-refractivity contribution in [1.29, 1.82) is 0 Å². The number of morpholine rings is 1. The average Bonchev–Trinajstić information content (AvgIpc) is 3.64. The number of benzene rings is 1. The van der Waals surface area contributed by atoms with Gasteiger partial charge in [-0.1, -0.05) is 24.3 Å². The minimum Gasteiger partial charge on any atom is -0.381 e. The van der Waals surface area contributed by atoms with Crippen LogP contribution in [0.5, 0.6) is 0 Å². The molecule has 3 saturated heterocycles. The fourth-order valence-electron chi connectivity index (χ4n) is 5.86. The number of nitrogens with zero attached hydrogens (tertiary/aromatic N) is 5. The second-order valence-corrected chi connectivity index (χ2v) is 10.2. The minimum atomic E-state index is -0.0197. The van der Waals surface area contributed by atoms with Crippen LogP contribution in [0.25, 0.3) is 28.0 Å². The van der Waals surface area contributed by atoms with Crippen LogP contribution >= 0.6 is 0 Å². The van der Waals surface area contributed by atoms with Crippen molar-refractivity contribution in [1.82, 2.24) is 30.3 Å². The zero-order chi connectivity index (χ0) is 24.9. The molecule has 1 aromatic carbocycles. The number of H-pyrrole nitrogens is 1. The third kappa shape index (κ3) is 3.79. The fourth-order valence-corrected chi connectivity index (χ4v) is 5.86. The van der Waals surface area contributed by atoms with Crippen molar-refractivity contribution in [2.24, 2.45) is 11.8 Å². The topological polar surface area (TPSA) is 110 Å². The van der Waals surface area contributed by atoms with Crippen LogP contribution in [0, 0.1) is 11.8 Å². The smallest absolute Gasteiger partial charge is 0.224 e. The summed E-state index contributed by atoms with van der Waals surface area (Å²) in [5.41, 5.74) is 4.09. The zero-order valence-electron chi connectivity index (χ0n) is 20.6. The molecular formula is C27H29N7O3. The third-order valence-electron chi connectivity index (χ3n) is 7.95. The number of fused-ring (bicyclic) bond motifs is 1. The van der Waals surface area contributed by atoms with Crippen LogP contribution in [0.4, 0.5) is 5.82 Å². The Morgan fingerprint density at radius 3 is 2.65 bits per heavy atom. The van der Waals surface area contributed by atoms with Crippen molar-refractivity contribution in [2.45, 2.75) is 18.9 Å². The molecule has 0 saturated carbocycles. The van der Waals surface area contributed by atoms with Gasteiger partial charge in [0.1, 0.15) is 5.82 Å². The van der Waals surface area contributed by atoms with Crippen molar-refractivity contribution < 1.29 is 14.3 Å². The Hall–Kier alpha value is -3.76. The molecular weight excluding hydrogens is 470 g/mol. The SMILES string of the molecule is C[C@@H]1COCCN1c1cc(-c2ccc(C3CNC(=O)C3C3COC3)cc2)c2cnn(-c3cc[nH]n3)c2n1. The van der Waals surface area contributed by atoms with Crippen LogP contribution in [0.1, 0.15) is 18.4 Å². The fraction of sp³-hybridized carbons (Fsp3) is 0.407. The number of aromatic amines is 1. The maximum absolute atomic E-state index is 12.5. The molecule has 0 radical (unpaired) electrons. The number of aromatic nitrogens is 5. The first-order valence-corrected chi connectivity index (χ1v) is 12.9. The van der Waals surface area contributed by atoms with Gasteiger partial charge in [0.05, 0.1) is 44.6 Å². The number of anilines is 1. The number of rotatable bonds is 5. The summed E-state index contributed by atoms with van der Waals surface area (Å²) in [6.45, 7) is 6.30. The first kappa shape index (κ1) is 22.4. The Kier molecular flexibility index (Phi) is 5.44. The van der Waals surface area contributed by atoms with Crippen molar-refractivity contribution in [3.63, 3.8) is 0 Å². The average molecular weight is 500 g/mol. The Morgan fingerprint density at radius 2 is 1.92 bits per heavy atom. The predicted molar refractivity (Wildman–Crippen MR) is 138 cm³/mol. The quantitative estimate of drug-likeness (QED) is 0.434. The highest BCUT2D eigenvalue weighted by atomic mass is 16.5. The summed E-state index contributed by atoms with van der Waals surface area (Å²) in [5, 5.41) is 15.8. The number of pyridine rings is 1. The van der Waals surface area contributed by atoms with Crippen molar-refractivity contribution in [3.05, 3.63) is 54.4 Å². The largest absolute Gasteiger partial charge is 0.381 e. The van der Waals surface area contributed by atoms with Crippen molar-refractivity contribution in [3.8, 4) is 16.9 Å². The van der Waals surface area contributed by atoms with Gasteiger partial charge >= 0.3 is 0 Å². The molecule has 190 valence electrons. The molecule has 10 nitrogen and oxygen atoms in total. The van der Waals surface area contributed by atoms with E-state index in [-0.39, 0.29) is 23.8 Å². The molecule has 7 rings (SSSR count). The van der Waals surface area contributed by atoms with Crippen LogP contribution in [-0.4, -0.2) is 76.4 Å². The zero-order valence-corrected chi connectivity index (χ0v) is 20.6. The van der Waals surface area contributed by atoms with Crippen LogP contribution in [0.3, 0.4) is 0 Å². The summed E-state index contributed by atoms with van der Waals surface area (Å²) in [6, 6.07) is 12.9. The summed E-state index contributed by atoms with van der Waals surface area (Å²) >= 11 is 0. The van der Waals surface area contributed by atoms with E-state index in [0.29, 0.717) is 44.7 Å². The maximum atomic E-state index is 12.5. The van der Waals surface area contributed by atoms with Crippen LogP contribution in [0.15, 0.2) is 48.8 Å². The van der Waals surface area contributed by atoms with Crippen LogP contribution in [-0.2, 0) is 14.3 Å². The van der Waals surface area contributed by atoms with Gasteiger partial charge in [0.15, 0.2) is 11.5 Å². The summed E-state index contributed by atoms with van der Waals surface area (Å²) in [4.78, 5) is 19.9. The monoisotopic (exact) mass is 499 g/mol. The number of carbonyl (C=O) groups is 1. The van der Waals surface area contributed by atoms with Gasteiger partial charge in [-0.3, -0.25) is 9.89 Å². The molecule has 3 fully saturated rings. The second kappa shape index (κ2) is 8.97. The summed E-state index contributed by atoms with van der Waals surface area (Å²) < 4.78 is 12.8. The van der Waals surface area contributed by atoms with Gasteiger partial charge in [0, 0.05) is 42.6 Å². The molecule has 3 aliphatic rings.